The van der Waals surface area contributed by atoms with Crippen molar-refractivity contribution < 1.29 is 57.3 Å². The van der Waals surface area contributed by atoms with Crippen LogP contribution in [0.15, 0.2) is 209 Å². The van der Waals surface area contributed by atoms with Crippen LogP contribution in [-0.2, 0) is 55.2 Å². The highest BCUT2D eigenvalue weighted by Gasteiger charge is 2.55. The molecule has 2 unspecified atom stereocenters. The number of hydrogen-bond acceptors (Lipinski definition) is 17. The molecule has 21 heteroatoms. The molecule has 6 aromatic carbocycles. The Labute approximate surface area is 504 Å². The standard InChI is InChI=1S/C64H60N6O12S3/c1-63(2,3)81-62(76)68-60-65-49(39-85-60)51(69-82-64(44-26-15-8-16-27-44,45-28-17-9-18-29-45)46-30-19-10-20-31-46)55(71)67-52-56(72)70-53(59(74)80-54(42-22-11-6-12-23-42)43-24-13-7-14-25-43)50(40-84-57(52)70)83-37-21-32-48(58(73)78-5)66-61(75)79-38-41-33-35-47(77-4)36-34-41/h6-31,33-37,39,48,52,54,57H,32,38,40H2,1-5H3,(H,66,75)(H,67,71)(H,65,68,76)/b37-21-,69-51-/t48?,52?,57-/m1/s1. The van der Waals surface area contributed by atoms with E-state index in [4.69, 9.17) is 28.5 Å². The number of fused-ring (bicyclic) bond motifs is 1. The maximum atomic E-state index is 15.1. The van der Waals surface area contributed by atoms with Crippen molar-refractivity contribution in [2.75, 3.05) is 25.3 Å². The number of carbonyl (C=O) groups excluding carboxylic acids is 6. The Kier molecular flexibility index (Phi) is 19.9. The lowest BCUT2D eigenvalue weighted by molar-refractivity contribution is -0.154. The first-order chi connectivity index (χ1) is 41.1. The first-order valence-electron chi connectivity index (χ1n) is 26.8. The van der Waals surface area contributed by atoms with E-state index in [0.717, 1.165) is 23.1 Å². The summed E-state index contributed by atoms with van der Waals surface area (Å²) < 4.78 is 27.5. The van der Waals surface area contributed by atoms with Gasteiger partial charge in [0.2, 0.25) is 5.60 Å². The van der Waals surface area contributed by atoms with E-state index in [1.54, 1.807) is 63.6 Å². The van der Waals surface area contributed by atoms with Gasteiger partial charge in [0.1, 0.15) is 46.8 Å². The third-order valence-electron chi connectivity index (χ3n) is 13.2. The van der Waals surface area contributed by atoms with Crippen LogP contribution in [-0.4, -0.2) is 94.6 Å². The molecule has 7 aromatic rings. The summed E-state index contributed by atoms with van der Waals surface area (Å²) in [6, 6.07) is 51.2. The van der Waals surface area contributed by atoms with Crippen molar-refractivity contribution in [2.45, 2.75) is 68.6 Å². The molecule has 2 aliphatic heterocycles. The van der Waals surface area contributed by atoms with E-state index in [1.165, 1.54) is 29.2 Å². The maximum Gasteiger partial charge on any atom is 0.413 e. The highest BCUT2D eigenvalue weighted by molar-refractivity contribution is 8.08. The lowest BCUT2D eigenvalue weighted by Crippen LogP contribution is -2.71. The number of rotatable bonds is 22. The zero-order valence-electron chi connectivity index (χ0n) is 46.9. The van der Waals surface area contributed by atoms with Gasteiger partial charge in [0.15, 0.2) is 16.9 Å². The molecule has 0 aliphatic carbocycles. The second-order valence-corrected chi connectivity index (χ2v) is 23.0. The Balaban J connectivity index is 1.02. The number of esters is 2. The molecule has 3 heterocycles. The molecule has 0 bridgehead atoms. The number of carbonyl (C=O) groups is 6. The van der Waals surface area contributed by atoms with Gasteiger partial charge in [0, 0.05) is 32.7 Å². The van der Waals surface area contributed by atoms with E-state index < -0.39 is 70.7 Å². The molecule has 3 N–H and O–H groups in total. The molecule has 436 valence electrons. The van der Waals surface area contributed by atoms with E-state index in [0.29, 0.717) is 44.0 Å². The summed E-state index contributed by atoms with van der Waals surface area (Å²) >= 11 is 3.44. The molecule has 1 fully saturated rings. The van der Waals surface area contributed by atoms with Gasteiger partial charge < -0.3 is 39.2 Å². The van der Waals surface area contributed by atoms with Gasteiger partial charge in [-0.15, -0.1) is 23.1 Å². The SMILES string of the molecule is COC(=O)C(C/C=C\SC1=C(C(=O)OC(c2ccccc2)c2ccccc2)N2C(=O)C(NC(=O)/C(=N\OC(c3ccccc3)(c3ccccc3)c3ccccc3)c3csc(NC(=O)OC(C)(C)C)n3)[C@H]2SC1)NC(=O)OCc1ccc(OC)cc1. The summed E-state index contributed by atoms with van der Waals surface area (Å²) in [5.74, 6) is -2.21. The highest BCUT2D eigenvalue weighted by Crippen LogP contribution is 2.46. The quantitative estimate of drug-likeness (QED) is 0.0143. The molecular weight excluding hydrogens is 1140 g/mol. The Morgan fingerprint density at radius 2 is 1.33 bits per heavy atom. The van der Waals surface area contributed by atoms with E-state index >= 15 is 4.79 Å². The summed E-state index contributed by atoms with van der Waals surface area (Å²) in [5.41, 5.74) is 1.47. The van der Waals surface area contributed by atoms with Gasteiger partial charge >= 0.3 is 24.1 Å². The van der Waals surface area contributed by atoms with Gasteiger partial charge in [0.05, 0.1) is 14.2 Å². The van der Waals surface area contributed by atoms with Crippen molar-refractivity contribution in [1.82, 2.24) is 20.5 Å². The normalized spacial score (nSPS) is 15.4. The van der Waals surface area contributed by atoms with Gasteiger partial charge in [-0.2, -0.15) is 0 Å². The smallest absolute Gasteiger partial charge is 0.413 e. The Hall–Kier alpha value is -9.18. The number of aromatic nitrogens is 1. The average Bonchev–Trinajstić information content (AvgIpc) is 1.65. The van der Waals surface area contributed by atoms with Gasteiger partial charge in [-0.05, 0) is 61.4 Å². The number of amides is 4. The lowest BCUT2D eigenvalue weighted by atomic mass is 9.80. The highest BCUT2D eigenvalue weighted by atomic mass is 32.2. The van der Waals surface area contributed by atoms with Gasteiger partial charge in [-0.3, -0.25) is 19.8 Å². The fourth-order valence-electron chi connectivity index (χ4n) is 9.19. The van der Waals surface area contributed by atoms with Gasteiger partial charge in [-0.1, -0.05) is 187 Å². The number of anilines is 1. The predicted molar refractivity (Wildman–Crippen MR) is 325 cm³/mol. The van der Waals surface area contributed by atoms with Crippen LogP contribution in [0.3, 0.4) is 0 Å². The Morgan fingerprint density at radius 1 is 0.765 bits per heavy atom. The summed E-state index contributed by atoms with van der Waals surface area (Å²) in [6.45, 7) is 5.10. The molecule has 2 aliphatic rings. The molecule has 9 rings (SSSR count). The molecule has 0 radical (unpaired) electrons. The van der Waals surface area contributed by atoms with Crippen molar-refractivity contribution in [3.63, 3.8) is 0 Å². The molecule has 85 heavy (non-hydrogen) atoms. The third kappa shape index (κ3) is 14.8. The van der Waals surface area contributed by atoms with Crippen LogP contribution in [0.5, 0.6) is 5.75 Å². The molecule has 18 nitrogen and oxygen atoms in total. The van der Waals surface area contributed by atoms with E-state index in [2.05, 4.69) is 26.1 Å². The minimum absolute atomic E-state index is 0.00848. The predicted octanol–water partition coefficient (Wildman–Crippen LogP) is 11.3. The van der Waals surface area contributed by atoms with Crippen molar-refractivity contribution in [2.24, 2.45) is 5.16 Å². The number of thioether (sulfide) groups is 2. The number of hydrogen-bond donors (Lipinski definition) is 3. The van der Waals surface area contributed by atoms with Crippen LogP contribution in [0.4, 0.5) is 14.7 Å². The Bertz CT molecular complexity index is 3430. The summed E-state index contributed by atoms with van der Waals surface area (Å²) in [5, 5.41) is 15.2. The van der Waals surface area contributed by atoms with Crippen molar-refractivity contribution in [3.8, 4) is 5.75 Å². The van der Waals surface area contributed by atoms with Crippen molar-refractivity contribution >= 4 is 81.6 Å². The number of oxime groups is 1. The number of nitrogens with one attached hydrogen (secondary N) is 3. The number of ether oxygens (including phenoxy) is 5. The number of β-lactam (4-membered cyclic amide) rings is 1. The fourth-order valence-corrected chi connectivity index (χ4v) is 12.2. The van der Waals surface area contributed by atoms with E-state index in [9.17, 15) is 24.0 Å². The van der Waals surface area contributed by atoms with Crippen LogP contribution in [0.2, 0.25) is 0 Å². The lowest BCUT2D eigenvalue weighted by Gasteiger charge is -2.49. The summed E-state index contributed by atoms with van der Waals surface area (Å²) in [4.78, 5) is 96.9. The Morgan fingerprint density at radius 3 is 1.87 bits per heavy atom. The number of benzene rings is 6. The first-order valence-corrected chi connectivity index (χ1v) is 29.6. The number of thiazole rings is 1. The molecular formula is C64H60N6O12S3. The third-order valence-corrected chi connectivity index (χ3v) is 16.4. The van der Waals surface area contributed by atoms with Crippen LogP contribution in [0, 0.1) is 0 Å². The fraction of sp³-hybridized carbons (Fsp3) is 0.219. The minimum Gasteiger partial charge on any atom is -0.497 e. The first kappa shape index (κ1) is 60.4. The number of nitrogens with zero attached hydrogens (tertiary/aromatic N) is 3. The van der Waals surface area contributed by atoms with Gasteiger partial charge in [-0.25, -0.2) is 24.2 Å². The summed E-state index contributed by atoms with van der Waals surface area (Å²) in [7, 11) is 2.75. The topological polar surface area (TPSA) is 222 Å². The largest absolute Gasteiger partial charge is 0.497 e. The van der Waals surface area contributed by atoms with Crippen LogP contribution in [0.1, 0.15) is 72.4 Å². The average molecular weight is 1200 g/mol. The minimum atomic E-state index is -1.44. The second-order valence-electron chi connectivity index (χ2n) is 20.1. The van der Waals surface area contributed by atoms with Crippen LogP contribution >= 0.6 is 34.9 Å². The molecule has 1 saturated heterocycles. The molecule has 3 atom stereocenters. The monoisotopic (exact) mass is 1200 g/mol. The molecule has 0 saturated carbocycles. The van der Waals surface area contributed by atoms with Crippen molar-refractivity contribution in [1.29, 1.82) is 0 Å². The molecule has 0 spiro atoms. The van der Waals surface area contributed by atoms with E-state index in [-0.39, 0.29) is 41.0 Å². The molecule has 4 amide bonds. The van der Waals surface area contributed by atoms with Crippen LogP contribution < -0.4 is 20.7 Å². The second kappa shape index (κ2) is 27.9. The zero-order valence-corrected chi connectivity index (χ0v) is 49.3. The maximum absolute atomic E-state index is 15.1. The number of alkyl carbamates (subject to hydrolysis) is 1. The zero-order chi connectivity index (χ0) is 59.9. The summed E-state index contributed by atoms with van der Waals surface area (Å²) in [6.07, 6.45) is -0.916. The molecule has 1 aromatic heterocycles. The van der Waals surface area contributed by atoms with Gasteiger partial charge in [0.25, 0.3) is 11.8 Å². The number of methoxy groups -OCH3 is 2. The van der Waals surface area contributed by atoms with Crippen molar-refractivity contribution in [3.05, 3.63) is 242 Å². The van der Waals surface area contributed by atoms with E-state index in [1.807, 2.05) is 152 Å². The van der Waals surface area contributed by atoms with Crippen LogP contribution in [0.25, 0.3) is 0 Å².